The number of aromatic hydroxyl groups is 1. The summed E-state index contributed by atoms with van der Waals surface area (Å²) in [6.45, 7) is 2.01. The Kier molecular flexibility index (Phi) is 3.82. The van der Waals surface area contributed by atoms with Crippen LogP contribution in [-0.4, -0.2) is 15.2 Å². The number of phenolic OH excluding ortho intramolecular Hbond substituents is 1. The Morgan fingerprint density at radius 3 is 2.62 bits per heavy atom. The van der Waals surface area contributed by atoms with Gasteiger partial charge in [0.05, 0.1) is 5.56 Å². The average molecular weight is 410 g/mol. The van der Waals surface area contributed by atoms with E-state index in [0.29, 0.717) is 11.4 Å². The van der Waals surface area contributed by atoms with Crippen LogP contribution >= 0.6 is 31.9 Å². The molecular weight excluding hydrogens is 400 g/mol. The molecule has 0 saturated heterocycles. The molecule has 1 aromatic heterocycles. The van der Waals surface area contributed by atoms with Crippen LogP contribution in [0, 0.1) is 6.92 Å². The van der Waals surface area contributed by atoms with E-state index in [1.807, 2.05) is 25.1 Å². The molecule has 0 atom stereocenters. The zero-order valence-electron chi connectivity index (χ0n) is 11.0. The number of phenols is 1. The molecule has 1 N–H and O–H groups in total. The summed E-state index contributed by atoms with van der Waals surface area (Å²) in [6, 6.07) is 10.9. The van der Waals surface area contributed by atoms with Crippen LogP contribution in [0.5, 0.6) is 5.75 Å². The maximum atomic E-state index is 9.90. The number of aryl methyl sites for hydroxylation is 1. The summed E-state index contributed by atoms with van der Waals surface area (Å²) < 4.78 is 6.99. The number of rotatable bonds is 2. The van der Waals surface area contributed by atoms with E-state index in [9.17, 15) is 5.11 Å². The predicted octanol–water partition coefficient (Wildman–Crippen LogP) is 4.94. The molecule has 0 unspecified atom stereocenters. The summed E-state index contributed by atoms with van der Waals surface area (Å²) >= 11 is 6.85. The van der Waals surface area contributed by atoms with Crippen molar-refractivity contribution in [3.8, 4) is 28.6 Å². The van der Waals surface area contributed by atoms with E-state index >= 15 is 0 Å². The molecule has 2 aromatic carbocycles. The van der Waals surface area contributed by atoms with Gasteiger partial charge in [-0.05, 0) is 42.8 Å². The maximum Gasteiger partial charge on any atom is 0.262 e. The van der Waals surface area contributed by atoms with Crippen LogP contribution in [0.1, 0.15) is 5.56 Å². The molecule has 1 heterocycles. The van der Waals surface area contributed by atoms with Gasteiger partial charge in [0.25, 0.3) is 5.89 Å². The van der Waals surface area contributed by atoms with Crippen LogP contribution in [0.4, 0.5) is 0 Å². The number of halogens is 2. The molecule has 3 aromatic rings. The molecule has 0 spiro atoms. The second-order valence-electron chi connectivity index (χ2n) is 4.57. The summed E-state index contributed by atoms with van der Waals surface area (Å²) in [5, 5.41) is 13.9. The van der Waals surface area contributed by atoms with Crippen molar-refractivity contribution in [3.05, 3.63) is 50.9 Å². The van der Waals surface area contributed by atoms with E-state index in [0.717, 1.165) is 20.1 Å². The minimum atomic E-state index is 0.0939. The van der Waals surface area contributed by atoms with Gasteiger partial charge in [-0.3, -0.25) is 0 Å². The standard InChI is InChI=1S/C15H10Br2N2O2/c1-8-2-4-10(12(17)6-8)14-18-15(21-19-14)11-7-9(16)3-5-13(11)20/h2-7,20H,1H3. The van der Waals surface area contributed by atoms with E-state index in [-0.39, 0.29) is 11.6 Å². The Morgan fingerprint density at radius 1 is 1.05 bits per heavy atom. The summed E-state index contributed by atoms with van der Waals surface area (Å²) in [4.78, 5) is 4.35. The normalized spacial score (nSPS) is 10.8. The van der Waals surface area contributed by atoms with Crippen LogP contribution in [0.25, 0.3) is 22.8 Å². The van der Waals surface area contributed by atoms with E-state index < -0.39 is 0 Å². The largest absolute Gasteiger partial charge is 0.507 e. The van der Waals surface area contributed by atoms with Crippen LogP contribution in [-0.2, 0) is 0 Å². The number of hydrogen-bond acceptors (Lipinski definition) is 4. The monoisotopic (exact) mass is 408 g/mol. The summed E-state index contributed by atoms with van der Waals surface area (Å²) in [5.41, 5.74) is 2.47. The molecule has 0 fully saturated rings. The van der Waals surface area contributed by atoms with Gasteiger partial charge in [-0.15, -0.1) is 0 Å². The number of aromatic nitrogens is 2. The highest BCUT2D eigenvalue weighted by Crippen LogP contribution is 2.33. The maximum absolute atomic E-state index is 9.90. The lowest BCUT2D eigenvalue weighted by molar-refractivity contribution is 0.425. The first-order valence-electron chi connectivity index (χ1n) is 6.14. The Balaban J connectivity index is 2.06. The molecule has 6 heteroatoms. The number of benzene rings is 2. The first kappa shape index (κ1) is 14.3. The summed E-state index contributed by atoms with van der Waals surface area (Å²) in [6.07, 6.45) is 0. The van der Waals surface area contributed by atoms with E-state index in [1.54, 1.807) is 18.2 Å². The smallest absolute Gasteiger partial charge is 0.262 e. The molecule has 0 saturated carbocycles. The van der Waals surface area contributed by atoms with Crippen LogP contribution in [0.3, 0.4) is 0 Å². The Labute approximate surface area is 138 Å². The first-order valence-corrected chi connectivity index (χ1v) is 7.72. The van der Waals surface area contributed by atoms with Crippen molar-refractivity contribution < 1.29 is 9.63 Å². The summed E-state index contributed by atoms with van der Waals surface area (Å²) in [7, 11) is 0. The number of nitrogens with zero attached hydrogens (tertiary/aromatic N) is 2. The fourth-order valence-electron chi connectivity index (χ4n) is 1.92. The fraction of sp³-hybridized carbons (Fsp3) is 0.0667. The van der Waals surface area contributed by atoms with E-state index in [4.69, 9.17) is 4.52 Å². The first-order chi connectivity index (χ1) is 10.0. The summed E-state index contributed by atoms with van der Waals surface area (Å²) in [5.74, 6) is 0.837. The van der Waals surface area contributed by atoms with Gasteiger partial charge in [0.15, 0.2) is 0 Å². The predicted molar refractivity (Wildman–Crippen MR) is 87.0 cm³/mol. The third-order valence-electron chi connectivity index (χ3n) is 2.98. The zero-order chi connectivity index (χ0) is 15.0. The third-order valence-corrected chi connectivity index (χ3v) is 4.13. The topological polar surface area (TPSA) is 59.2 Å². The molecule has 0 bridgehead atoms. The van der Waals surface area contributed by atoms with Crippen molar-refractivity contribution in [3.63, 3.8) is 0 Å². The van der Waals surface area contributed by atoms with Gasteiger partial charge in [0.1, 0.15) is 5.75 Å². The molecule has 21 heavy (non-hydrogen) atoms. The van der Waals surface area contributed by atoms with E-state index in [2.05, 4.69) is 42.0 Å². The van der Waals surface area contributed by atoms with Crippen molar-refractivity contribution >= 4 is 31.9 Å². The van der Waals surface area contributed by atoms with Gasteiger partial charge in [-0.25, -0.2) is 0 Å². The molecule has 106 valence electrons. The average Bonchev–Trinajstić information content (AvgIpc) is 2.91. The van der Waals surface area contributed by atoms with Crippen molar-refractivity contribution in [2.75, 3.05) is 0 Å². The molecule has 4 nitrogen and oxygen atoms in total. The Hall–Kier alpha value is -1.66. The molecular formula is C15H10Br2N2O2. The highest BCUT2D eigenvalue weighted by Gasteiger charge is 2.16. The molecule has 0 radical (unpaired) electrons. The molecule has 3 rings (SSSR count). The second-order valence-corrected chi connectivity index (χ2v) is 6.34. The fourth-order valence-corrected chi connectivity index (χ4v) is 2.95. The van der Waals surface area contributed by atoms with Gasteiger partial charge in [0.2, 0.25) is 5.82 Å². The lowest BCUT2D eigenvalue weighted by Gasteiger charge is -2.00. The quantitative estimate of drug-likeness (QED) is 0.650. The minimum absolute atomic E-state index is 0.0939. The van der Waals surface area contributed by atoms with Crippen molar-refractivity contribution in [2.45, 2.75) is 6.92 Å². The molecule has 0 aliphatic heterocycles. The molecule has 0 aliphatic rings. The van der Waals surface area contributed by atoms with Crippen LogP contribution in [0.15, 0.2) is 49.9 Å². The Morgan fingerprint density at radius 2 is 1.86 bits per heavy atom. The van der Waals surface area contributed by atoms with Gasteiger partial charge in [0, 0.05) is 14.5 Å². The third kappa shape index (κ3) is 2.87. The van der Waals surface area contributed by atoms with Crippen LogP contribution < -0.4 is 0 Å². The van der Waals surface area contributed by atoms with Gasteiger partial charge in [-0.1, -0.05) is 43.1 Å². The van der Waals surface area contributed by atoms with Gasteiger partial charge in [-0.2, -0.15) is 4.98 Å². The molecule has 0 amide bonds. The lowest BCUT2D eigenvalue weighted by Crippen LogP contribution is -1.84. The van der Waals surface area contributed by atoms with Crippen molar-refractivity contribution in [2.24, 2.45) is 0 Å². The number of hydrogen-bond donors (Lipinski definition) is 1. The minimum Gasteiger partial charge on any atom is -0.507 e. The van der Waals surface area contributed by atoms with Gasteiger partial charge >= 0.3 is 0 Å². The highest BCUT2D eigenvalue weighted by molar-refractivity contribution is 9.10. The second kappa shape index (κ2) is 5.61. The molecule has 0 aliphatic carbocycles. The highest BCUT2D eigenvalue weighted by atomic mass is 79.9. The van der Waals surface area contributed by atoms with Crippen molar-refractivity contribution in [1.82, 2.24) is 10.1 Å². The Bertz CT molecular complexity index is 815. The van der Waals surface area contributed by atoms with Crippen LogP contribution in [0.2, 0.25) is 0 Å². The van der Waals surface area contributed by atoms with Crippen molar-refractivity contribution in [1.29, 1.82) is 0 Å². The zero-order valence-corrected chi connectivity index (χ0v) is 14.1. The SMILES string of the molecule is Cc1ccc(-c2noc(-c3cc(Br)ccc3O)n2)c(Br)c1. The lowest BCUT2D eigenvalue weighted by atomic mass is 10.1. The van der Waals surface area contributed by atoms with E-state index in [1.165, 1.54) is 0 Å². The van der Waals surface area contributed by atoms with Gasteiger partial charge < -0.3 is 9.63 Å².